The highest BCUT2D eigenvalue weighted by atomic mass is 16.5. The molecule has 4 heteroatoms. The second-order valence-corrected chi connectivity index (χ2v) is 2.84. The van der Waals surface area contributed by atoms with E-state index in [0.717, 1.165) is 16.6 Å². The number of nitrogens with zero attached hydrogens (tertiary/aromatic N) is 1. The van der Waals surface area contributed by atoms with E-state index in [1.807, 2.05) is 18.2 Å². The number of nitrogens with two attached hydrogens (primary N) is 1. The predicted octanol–water partition coefficient (Wildman–Crippen LogP) is 1.17. The lowest BCUT2D eigenvalue weighted by Gasteiger charge is -2.08. The van der Waals surface area contributed by atoms with Gasteiger partial charge in [-0.3, -0.25) is 0 Å². The molecule has 0 saturated carbocycles. The van der Waals surface area contributed by atoms with Crippen molar-refractivity contribution in [2.24, 2.45) is 5.73 Å². The van der Waals surface area contributed by atoms with Gasteiger partial charge in [-0.15, -0.1) is 0 Å². The quantitative estimate of drug-likeness (QED) is 0.677. The van der Waals surface area contributed by atoms with Crippen LogP contribution in [0.5, 0.6) is 0 Å². The van der Waals surface area contributed by atoms with Crippen LogP contribution in [-0.4, -0.2) is 17.1 Å². The van der Waals surface area contributed by atoms with E-state index >= 15 is 0 Å². The number of aromatic nitrogens is 2. The van der Waals surface area contributed by atoms with Crippen LogP contribution in [0.25, 0.3) is 11.0 Å². The summed E-state index contributed by atoms with van der Waals surface area (Å²) in [6, 6.07) is 5.77. The van der Waals surface area contributed by atoms with Gasteiger partial charge in [-0.1, -0.05) is 6.07 Å². The van der Waals surface area contributed by atoms with Crippen LogP contribution in [-0.2, 0) is 4.74 Å². The number of rotatable bonds is 2. The average Bonchev–Trinajstić information content (AvgIpc) is 2.63. The molecule has 2 aromatic rings. The summed E-state index contributed by atoms with van der Waals surface area (Å²) in [7, 11) is 1.59. The van der Waals surface area contributed by atoms with E-state index in [1.54, 1.807) is 13.4 Å². The highest BCUT2D eigenvalue weighted by Gasteiger charge is 2.04. The third-order valence-corrected chi connectivity index (χ3v) is 2.03. The summed E-state index contributed by atoms with van der Waals surface area (Å²) < 4.78 is 5.01. The molecule has 13 heavy (non-hydrogen) atoms. The number of benzene rings is 1. The van der Waals surface area contributed by atoms with E-state index in [4.69, 9.17) is 10.5 Å². The normalized spacial score (nSPS) is 13.4. The maximum absolute atomic E-state index is 5.70. The highest BCUT2D eigenvalue weighted by Crippen LogP contribution is 2.16. The number of hydrogen-bond donors (Lipinski definition) is 2. The zero-order valence-corrected chi connectivity index (χ0v) is 7.32. The third-order valence-electron chi connectivity index (χ3n) is 2.03. The molecule has 0 aliphatic rings. The van der Waals surface area contributed by atoms with Gasteiger partial charge in [0.2, 0.25) is 0 Å². The Bertz CT molecular complexity index is 410. The number of H-pyrrole nitrogens is 1. The lowest BCUT2D eigenvalue weighted by molar-refractivity contribution is 0.109. The van der Waals surface area contributed by atoms with E-state index < -0.39 is 0 Å². The lowest BCUT2D eigenvalue weighted by atomic mass is 10.2. The second-order valence-electron chi connectivity index (χ2n) is 2.84. The van der Waals surface area contributed by atoms with Gasteiger partial charge in [-0.25, -0.2) is 4.98 Å². The number of imidazole rings is 1. The van der Waals surface area contributed by atoms with Crippen LogP contribution in [0.4, 0.5) is 0 Å². The molecule has 0 radical (unpaired) electrons. The summed E-state index contributed by atoms with van der Waals surface area (Å²) in [4.78, 5) is 7.12. The minimum absolute atomic E-state index is 0.368. The maximum Gasteiger partial charge on any atom is 0.131 e. The summed E-state index contributed by atoms with van der Waals surface area (Å²) in [6.45, 7) is 0. The van der Waals surface area contributed by atoms with E-state index in [0.29, 0.717) is 0 Å². The van der Waals surface area contributed by atoms with Gasteiger partial charge in [0, 0.05) is 7.11 Å². The van der Waals surface area contributed by atoms with E-state index in [1.165, 1.54) is 0 Å². The largest absolute Gasteiger partial charge is 0.363 e. The number of methoxy groups -OCH3 is 1. The molecular weight excluding hydrogens is 166 g/mol. The van der Waals surface area contributed by atoms with Crippen molar-refractivity contribution in [1.29, 1.82) is 0 Å². The molecule has 0 aliphatic heterocycles. The number of aromatic amines is 1. The molecule has 68 valence electrons. The van der Waals surface area contributed by atoms with Crippen molar-refractivity contribution in [3.05, 3.63) is 30.1 Å². The molecule has 3 N–H and O–H groups in total. The van der Waals surface area contributed by atoms with Crippen LogP contribution in [0.3, 0.4) is 0 Å². The van der Waals surface area contributed by atoms with Crippen molar-refractivity contribution >= 4 is 11.0 Å². The van der Waals surface area contributed by atoms with Crippen molar-refractivity contribution < 1.29 is 4.74 Å². The lowest BCUT2D eigenvalue weighted by Crippen LogP contribution is -2.11. The minimum atomic E-state index is -0.368. The smallest absolute Gasteiger partial charge is 0.131 e. The summed E-state index contributed by atoms with van der Waals surface area (Å²) in [5.41, 5.74) is 8.56. The van der Waals surface area contributed by atoms with Crippen molar-refractivity contribution in [2.75, 3.05) is 7.11 Å². The van der Waals surface area contributed by atoms with Crippen LogP contribution in [0, 0.1) is 0 Å². The van der Waals surface area contributed by atoms with E-state index in [9.17, 15) is 0 Å². The first-order valence-corrected chi connectivity index (χ1v) is 4.02. The SMILES string of the molecule is COC(N)c1ccc2nc[nH]c2c1. The summed E-state index contributed by atoms with van der Waals surface area (Å²) in [5, 5.41) is 0. The summed E-state index contributed by atoms with van der Waals surface area (Å²) in [6.07, 6.45) is 1.29. The van der Waals surface area contributed by atoms with Gasteiger partial charge in [0.1, 0.15) is 6.23 Å². The van der Waals surface area contributed by atoms with Crippen molar-refractivity contribution in [3.63, 3.8) is 0 Å². The van der Waals surface area contributed by atoms with Gasteiger partial charge >= 0.3 is 0 Å². The zero-order chi connectivity index (χ0) is 9.26. The Kier molecular flexibility index (Phi) is 2.00. The van der Waals surface area contributed by atoms with Gasteiger partial charge in [-0.05, 0) is 17.7 Å². The molecule has 1 atom stereocenters. The van der Waals surface area contributed by atoms with Crippen molar-refractivity contribution in [3.8, 4) is 0 Å². The van der Waals surface area contributed by atoms with Gasteiger partial charge in [0.15, 0.2) is 0 Å². The van der Waals surface area contributed by atoms with E-state index in [2.05, 4.69) is 9.97 Å². The Morgan fingerprint density at radius 1 is 1.54 bits per heavy atom. The van der Waals surface area contributed by atoms with Crippen LogP contribution < -0.4 is 5.73 Å². The predicted molar refractivity (Wildman–Crippen MR) is 50.0 cm³/mol. The number of nitrogens with one attached hydrogen (secondary N) is 1. The van der Waals surface area contributed by atoms with E-state index in [-0.39, 0.29) is 6.23 Å². The van der Waals surface area contributed by atoms with Gasteiger partial charge < -0.3 is 15.5 Å². The standard InChI is InChI=1S/C9H11N3O/c1-13-9(10)6-2-3-7-8(4-6)12-5-11-7/h2-5,9H,10H2,1H3,(H,11,12). The van der Waals surface area contributed by atoms with Gasteiger partial charge in [0.25, 0.3) is 0 Å². The number of hydrogen-bond acceptors (Lipinski definition) is 3. The first-order chi connectivity index (χ1) is 6.31. The Hall–Kier alpha value is -1.39. The molecule has 1 aromatic heterocycles. The molecule has 4 nitrogen and oxygen atoms in total. The number of fused-ring (bicyclic) bond motifs is 1. The monoisotopic (exact) mass is 177 g/mol. The molecule has 0 amide bonds. The van der Waals surface area contributed by atoms with Gasteiger partial charge in [0.05, 0.1) is 17.4 Å². The Balaban J connectivity index is 2.48. The molecule has 1 heterocycles. The fraction of sp³-hybridized carbons (Fsp3) is 0.222. The zero-order valence-electron chi connectivity index (χ0n) is 7.32. The topological polar surface area (TPSA) is 63.9 Å². The van der Waals surface area contributed by atoms with Gasteiger partial charge in [-0.2, -0.15) is 0 Å². The van der Waals surface area contributed by atoms with Crippen molar-refractivity contribution in [2.45, 2.75) is 6.23 Å². The Morgan fingerprint density at radius 2 is 2.38 bits per heavy atom. The molecular formula is C9H11N3O. The summed E-state index contributed by atoms with van der Waals surface area (Å²) in [5.74, 6) is 0. The van der Waals surface area contributed by atoms with Crippen LogP contribution in [0.1, 0.15) is 11.8 Å². The fourth-order valence-electron chi connectivity index (χ4n) is 1.27. The molecule has 2 rings (SSSR count). The molecule has 0 fully saturated rings. The molecule has 0 spiro atoms. The molecule has 1 unspecified atom stereocenters. The minimum Gasteiger partial charge on any atom is -0.363 e. The van der Waals surface area contributed by atoms with Crippen LogP contribution in [0.2, 0.25) is 0 Å². The second kappa shape index (κ2) is 3.16. The fourth-order valence-corrected chi connectivity index (χ4v) is 1.27. The number of ether oxygens (including phenoxy) is 1. The molecule has 0 aliphatic carbocycles. The highest BCUT2D eigenvalue weighted by molar-refractivity contribution is 5.75. The molecule has 0 bridgehead atoms. The Morgan fingerprint density at radius 3 is 3.15 bits per heavy atom. The molecule has 1 aromatic carbocycles. The van der Waals surface area contributed by atoms with Crippen LogP contribution >= 0.6 is 0 Å². The third kappa shape index (κ3) is 1.41. The summed E-state index contributed by atoms with van der Waals surface area (Å²) >= 11 is 0. The Labute approximate surface area is 75.7 Å². The first kappa shape index (κ1) is 8.22. The maximum atomic E-state index is 5.70. The van der Waals surface area contributed by atoms with Crippen LogP contribution in [0.15, 0.2) is 24.5 Å². The first-order valence-electron chi connectivity index (χ1n) is 4.02. The van der Waals surface area contributed by atoms with Crippen molar-refractivity contribution in [1.82, 2.24) is 9.97 Å². The average molecular weight is 177 g/mol. The molecule has 0 saturated heterocycles.